The van der Waals surface area contributed by atoms with Crippen molar-refractivity contribution in [3.63, 3.8) is 0 Å². The fourth-order valence-electron chi connectivity index (χ4n) is 2.63. The number of methoxy groups -OCH3 is 2. The van der Waals surface area contributed by atoms with Crippen LogP contribution >= 0.6 is 0 Å². The van der Waals surface area contributed by atoms with E-state index >= 15 is 0 Å². The average molecular weight is 340 g/mol. The molecular weight excluding hydrogens is 320 g/mol. The summed E-state index contributed by atoms with van der Waals surface area (Å²) >= 11 is 0. The van der Waals surface area contributed by atoms with Crippen LogP contribution in [-0.4, -0.2) is 41.3 Å². The maximum absolute atomic E-state index is 12.2. The lowest BCUT2D eigenvalue weighted by Gasteiger charge is -2.10. The monoisotopic (exact) mass is 340 g/mol. The maximum atomic E-state index is 12.2. The quantitative estimate of drug-likeness (QED) is 0.708. The Labute approximate surface area is 145 Å². The van der Waals surface area contributed by atoms with Gasteiger partial charge in [0.15, 0.2) is 5.65 Å². The summed E-state index contributed by atoms with van der Waals surface area (Å²) in [6.45, 7) is 0.487. The summed E-state index contributed by atoms with van der Waals surface area (Å²) in [5.41, 5.74) is 1.58. The summed E-state index contributed by atoms with van der Waals surface area (Å²) in [6, 6.07) is 11.1. The Bertz CT molecular complexity index is 876. The number of amides is 1. The van der Waals surface area contributed by atoms with Crippen molar-refractivity contribution in [3.8, 4) is 11.5 Å². The maximum Gasteiger partial charge on any atom is 0.224 e. The van der Waals surface area contributed by atoms with Crippen LogP contribution in [0, 0.1) is 0 Å². The average Bonchev–Trinajstić information content (AvgIpc) is 3.05. The van der Waals surface area contributed by atoms with Crippen LogP contribution in [0.2, 0.25) is 0 Å². The lowest BCUT2D eigenvalue weighted by atomic mass is 10.1. The van der Waals surface area contributed by atoms with E-state index in [4.69, 9.17) is 9.47 Å². The summed E-state index contributed by atoms with van der Waals surface area (Å²) < 4.78 is 12.4. The third-order valence-electron chi connectivity index (χ3n) is 3.89. The number of ether oxygens (including phenoxy) is 2. The smallest absolute Gasteiger partial charge is 0.224 e. The number of benzene rings is 1. The molecule has 1 N–H and O–H groups in total. The van der Waals surface area contributed by atoms with Crippen LogP contribution in [0.5, 0.6) is 11.5 Å². The number of hydrogen-bond donors (Lipinski definition) is 1. The zero-order valence-corrected chi connectivity index (χ0v) is 14.2. The third-order valence-corrected chi connectivity index (χ3v) is 3.89. The Morgan fingerprint density at radius 1 is 1.16 bits per heavy atom. The van der Waals surface area contributed by atoms with Gasteiger partial charge in [-0.15, -0.1) is 10.2 Å². The van der Waals surface area contributed by atoms with Crippen LogP contribution in [0.15, 0.2) is 42.6 Å². The number of aromatic nitrogens is 3. The highest BCUT2D eigenvalue weighted by molar-refractivity contribution is 5.79. The molecule has 0 unspecified atom stereocenters. The standard InChI is InChI=1S/C18H20N4O3/c1-24-14-6-7-15(25-2)13(11-14)12-18(23)19-9-8-17-21-20-16-5-3-4-10-22(16)17/h3-7,10-11H,8-9,12H2,1-2H3,(H,19,23). The molecular formula is C18H20N4O3. The normalized spacial score (nSPS) is 10.6. The van der Waals surface area contributed by atoms with Crippen molar-refractivity contribution < 1.29 is 14.3 Å². The topological polar surface area (TPSA) is 77.8 Å². The summed E-state index contributed by atoms with van der Waals surface area (Å²) in [5.74, 6) is 2.09. The van der Waals surface area contributed by atoms with Crippen LogP contribution in [-0.2, 0) is 17.6 Å². The summed E-state index contributed by atoms with van der Waals surface area (Å²) in [5, 5.41) is 11.2. The van der Waals surface area contributed by atoms with E-state index in [2.05, 4.69) is 15.5 Å². The number of rotatable bonds is 7. The number of hydrogen-bond acceptors (Lipinski definition) is 5. The molecule has 3 aromatic rings. The predicted octanol–water partition coefficient (Wildman–Crippen LogP) is 1.65. The summed E-state index contributed by atoms with van der Waals surface area (Å²) in [6.07, 6.45) is 2.74. The van der Waals surface area contributed by atoms with Gasteiger partial charge in [-0.3, -0.25) is 9.20 Å². The zero-order chi connectivity index (χ0) is 17.6. The minimum Gasteiger partial charge on any atom is -0.497 e. The second-order valence-corrected chi connectivity index (χ2v) is 5.50. The molecule has 2 aromatic heterocycles. The minimum atomic E-state index is -0.0830. The van der Waals surface area contributed by atoms with Gasteiger partial charge < -0.3 is 14.8 Å². The van der Waals surface area contributed by atoms with Gasteiger partial charge in [0.05, 0.1) is 20.6 Å². The molecule has 0 radical (unpaired) electrons. The Morgan fingerprint density at radius 2 is 2.04 bits per heavy atom. The number of fused-ring (bicyclic) bond motifs is 1. The van der Waals surface area contributed by atoms with Crippen molar-refractivity contribution in [1.29, 1.82) is 0 Å². The summed E-state index contributed by atoms with van der Waals surface area (Å²) in [4.78, 5) is 12.2. The van der Waals surface area contributed by atoms with Gasteiger partial charge in [-0.25, -0.2) is 0 Å². The van der Waals surface area contributed by atoms with Crippen molar-refractivity contribution in [3.05, 3.63) is 54.0 Å². The highest BCUT2D eigenvalue weighted by Crippen LogP contribution is 2.24. The van der Waals surface area contributed by atoms with Crippen LogP contribution in [0.4, 0.5) is 0 Å². The molecule has 0 aliphatic heterocycles. The van der Waals surface area contributed by atoms with Gasteiger partial charge in [0.25, 0.3) is 0 Å². The largest absolute Gasteiger partial charge is 0.497 e. The van der Waals surface area contributed by atoms with E-state index in [9.17, 15) is 4.79 Å². The predicted molar refractivity (Wildman–Crippen MR) is 93.0 cm³/mol. The van der Waals surface area contributed by atoms with E-state index in [-0.39, 0.29) is 12.3 Å². The molecule has 25 heavy (non-hydrogen) atoms. The molecule has 1 amide bonds. The first-order valence-electron chi connectivity index (χ1n) is 7.97. The van der Waals surface area contributed by atoms with E-state index in [1.54, 1.807) is 26.4 Å². The SMILES string of the molecule is COc1ccc(OC)c(CC(=O)NCCc2nnc3ccccn23)c1. The highest BCUT2D eigenvalue weighted by atomic mass is 16.5. The Morgan fingerprint density at radius 3 is 2.84 bits per heavy atom. The van der Waals surface area contributed by atoms with Gasteiger partial charge in [0.1, 0.15) is 17.3 Å². The molecule has 0 fully saturated rings. The molecule has 0 spiro atoms. The van der Waals surface area contributed by atoms with E-state index in [0.717, 1.165) is 17.0 Å². The van der Waals surface area contributed by atoms with E-state index in [1.165, 1.54) is 0 Å². The molecule has 2 heterocycles. The fraction of sp³-hybridized carbons (Fsp3) is 0.278. The molecule has 0 aliphatic carbocycles. The van der Waals surface area contributed by atoms with Gasteiger partial charge in [-0.2, -0.15) is 0 Å². The van der Waals surface area contributed by atoms with Crippen molar-refractivity contribution in [1.82, 2.24) is 19.9 Å². The Balaban J connectivity index is 1.58. The van der Waals surface area contributed by atoms with Crippen molar-refractivity contribution in [2.75, 3.05) is 20.8 Å². The molecule has 0 saturated carbocycles. The van der Waals surface area contributed by atoms with Crippen molar-refractivity contribution in [2.45, 2.75) is 12.8 Å². The number of pyridine rings is 1. The van der Waals surface area contributed by atoms with Gasteiger partial charge >= 0.3 is 0 Å². The lowest BCUT2D eigenvalue weighted by Crippen LogP contribution is -2.27. The second kappa shape index (κ2) is 7.65. The number of carbonyl (C=O) groups is 1. The van der Waals surface area contributed by atoms with Crippen LogP contribution in [0.3, 0.4) is 0 Å². The molecule has 0 atom stereocenters. The van der Waals surface area contributed by atoms with Crippen molar-refractivity contribution in [2.24, 2.45) is 0 Å². The van der Waals surface area contributed by atoms with Gasteiger partial charge in [0, 0.05) is 24.7 Å². The molecule has 0 aliphatic rings. The molecule has 0 saturated heterocycles. The van der Waals surface area contributed by atoms with Gasteiger partial charge in [-0.05, 0) is 30.3 Å². The molecule has 7 heteroatoms. The molecule has 3 rings (SSSR count). The molecule has 0 bridgehead atoms. The van der Waals surface area contributed by atoms with Gasteiger partial charge in [0.2, 0.25) is 5.91 Å². The van der Waals surface area contributed by atoms with Crippen LogP contribution in [0.25, 0.3) is 5.65 Å². The van der Waals surface area contributed by atoms with Gasteiger partial charge in [-0.1, -0.05) is 6.07 Å². The minimum absolute atomic E-state index is 0.0830. The zero-order valence-electron chi connectivity index (χ0n) is 14.2. The van der Waals surface area contributed by atoms with Crippen molar-refractivity contribution >= 4 is 11.6 Å². The summed E-state index contributed by atoms with van der Waals surface area (Å²) in [7, 11) is 3.17. The third kappa shape index (κ3) is 3.88. The first-order chi connectivity index (χ1) is 12.2. The Hall–Kier alpha value is -3.09. The highest BCUT2D eigenvalue weighted by Gasteiger charge is 2.11. The molecule has 7 nitrogen and oxygen atoms in total. The first-order valence-corrected chi connectivity index (χ1v) is 7.97. The lowest BCUT2D eigenvalue weighted by molar-refractivity contribution is -0.120. The Kier molecular flexibility index (Phi) is 5.13. The molecule has 1 aromatic carbocycles. The second-order valence-electron chi connectivity index (χ2n) is 5.50. The van der Waals surface area contributed by atoms with E-state index in [0.29, 0.717) is 24.5 Å². The van der Waals surface area contributed by atoms with E-state index in [1.807, 2.05) is 34.9 Å². The van der Waals surface area contributed by atoms with E-state index < -0.39 is 0 Å². The van der Waals surface area contributed by atoms with Crippen LogP contribution in [0.1, 0.15) is 11.4 Å². The number of carbonyl (C=O) groups excluding carboxylic acids is 1. The fourth-order valence-corrected chi connectivity index (χ4v) is 2.63. The number of nitrogens with one attached hydrogen (secondary N) is 1. The molecule has 130 valence electrons. The number of nitrogens with zero attached hydrogens (tertiary/aromatic N) is 3. The van der Waals surface area contributed by atoms with Crippen LogP contribution < -0.4 is 14.8 Å². The first kappa shape index (κ1) is 16.8.